The van der Waals surface area contributed by atoms with Gasteiger partial charge in [0, 0.05) is 0 Å². The van der Waals surface area contributed by atoms with E-state index in [4.69, 9.17) is 9.47 Å². The van der Waals surface area contributed by atoms with Crippen molar-refractivity contribution in [3.8, 4) is 17.4 Å². The molecule has 0 aliphatic rings. The second-order valence-corrected chi connectivity index (χ2v) is 4.21. The third-order valence-electron chi connectivity index (χ3n) is 2.24. The van der Waals surface area contributed by atoms with E-state index < -0.39 is 0 Å². The Morgan fingerprint density at radius 1 is 1.22 bits per heavy atom. The van der Waals surface area contributed by atoms with Gasteiger partial charge in [0.2, 0.25) is 5.75 Å². The van der Waals surface area contributed by atoms with Crippen molar-refractivity contribution < 1.29 is 13.9 Å². The normalized spacial score (nSPS) is 10.7. The Labute approximate surface area is 105 Å². The van der Waals surface area contributed by atoms with Gasteiger partial charge in [-0.2, -0.15) is 0 Å². The summed E-state index contributed by atoms with van der Waals surface area (Å²) in [7, 11) is 0. The molecule has 5 heteroatoms. The zero-order chi connectivity index (χ0) is 13.1. The number of nitrogens with zero attached hydrogens (tertiary/aromatic N) is 1. The van der Waals surface area contributed by atoms with Crippen molar-refractivity contribution in [2.45, 2.75) is 26.9 Å². The first-order valence-electron chi connectivity index (χ1n) is 5.71. The van der Waals surface area contributed by atoms with Crippen molar-refractivity contribution in [2.75, 3.05) is 0 Å². The molecule has 0 saturated heterocycles. The molecular formula is C13H15FN2O2. The van der Waals surface area contributed by atoms with Crippen LogP contribution < -0.4 is 9.47 Å². The van der Waals surface area contributed by atoms with Crippen LogP contribution in [-0.2, 0) is 0 Å². The van der Waals surface area contributed by atoms with E-state index in [0.717, 1.165) is 5.69 Å². The van der Waals surface area contributed by atoms with Gasteiger partial charge < -0.3 is 9.47 Å². The smallest absolute Gasteiger partial charge is 0.276 e. The summed E-state index contributed by atoms with van der Waals surface area (Å²) in [6, 6.07) is 5.79. The van der Waals surface area contributed by atoms with Gasteiger partial charge in [-0.15, -0.1) is 5.10 Å². The highest BCUT2D eigenvalue weighted by molar-refractivity contribution is 5.41. The van der Waals surface area contributed by atoms with Gasteiger partial charge in [0.25, 0.3) is 5.88 Å². The summed E-state index contributed by atoms with van der Waals surface area (Å²) < 4.78 is 24.0. The summed E-state index contributed by atoms with van der Waals surface area (Å²) in [6.07, 6.45) is 0.00303. The molecular weight excluding hydrogens is 235 g/mol. The van der Waals surface area contributed by atoms with Crippen LogP contribution in [0.15, 0.2) is 24.3 Å². The van der Waals surface area contributed by atoms with Crippen LogP contribution in [-0.4, -0.2) is 16.3 Å². The highest BCUT2D eigenvalue weighted by Gasteiger charge is 2.15. The zero-order valence-corrected chi connectivity index (χ0v) is 10.5. The monoisotopic (exact) mass is 250 g/mol. The lowest BCUT2D eigenvalue weighted by atomic mass is 10.3. The second kappa shape index (κ2) is 5.08. The van der Waals surface area contributed by atoms with Crippen molar-refractivity contribution in [3.05, 3.63) is 35.8 Å². The molecule has 1 aromatic carbocycles. The van der Waals surface area contributed by atoms with Gasteiger partial charge in [-0.05, 0) is 45.0 Å². The summed E-state index contributed by atoms with van der Waals surface area (Å²) in [5, 5.41) is 6.82. The van der Waals surface area contributed by atoms with E-state index in [1.807, 2.05) is 20.8 Å². The van der Waals surface area contributed by atoms with Crippen LogP contribution >= 0.6 is 0 Å². The first-order chi connectivity index (χ1) is 8.56. The Balaban J connectivity index is 2.22. The number of aromatic amines is 1. The summed E-state index contributed by atoms with van der Waals surface area (Å²) in [5.74, 6) is 1.17. The van der Waals surface area contributed by atoms with E-state index >= 15 is 0 Å². The fraction of sp³-hybridized carbons (Fsp3) is 0.308. The molecule has 2 rings (SSSR count). The van der Waals surface area contributed by atoms with Gasteiger partial charge in [-0.1, -0.05) is 0 Å². The number of hydrogen-bond acceptors (Lipinski definition) is 3. The predicted molar refractivity (Wildman–Crippen MR) is 65.6 cm³/mol. The number of aryl methyl sites for hydroxylation is 1. The zero-order valence-electron chi connectivity index (χ0n) is 10.5. The molecule has 0 saturated carbocycles. The lowest BCUT2D eigenvalue weighted by molar-refractivity contribution is 0.224. The first kappa shape index (κ1) is 12.4. The van der Waals surface area contributed by atoms with E-state index in [2.05, 4.69) is 10.2 Å². The number of halogens is 1. The van der Waals surface area contributed by atoms with Crippen LogP contribution in [0, 0.1) is 12.7 Å². The van der Waals surface area contributed by atoms with Gasteiger partial charge in [0.1, 0.15) is 11.6 Å². The molecule has 0 spiro atoms. The predicted octanol–water partition coefficient (Wildman–Crippen LogP) is 3.44. The Kier molecular flexibility index (Phi) is 3.50. The van der Waals surface area contributed by atoms with Crippen LogP contribution in [0.3, 0.4) is 0 Å². The number of rotatable bonds is 4. The number of nitrogens with one attached hydrogen (secondary N) is 1. The molecule has 0 unspecified atom stereocenters. The SMILES string of the molecule is Cc1[nH]nc(OC(C)C)c1Oc1ccc(F)cc1. The molecule has 0 atom stereocenters. The van der Waals surface area contributed by atoms with E-state index in [1.165, 1.54) is 12.1 Å². The maximum atomic E-state index is 12.8. The number of aromatic nitrogens is 2. The van der Waals surface area contributed by atoms with Gasteiger partial charge >= 0.3 is 0 Å². The molecule has 1 heterocycles. The quantitative estimate of drug-likeness (QED) is 0.904. The maximum Gasteiger partial charge on any atom is 0.276 e. The third kappa shape index (κ3) is 2.80. The van der Waals surface area contributed by atoms with Gasteiger partial charge in [-0.25, -0.2) is 4.39 Å². The highest BCUT2D eigenvalue weighted by Crippen LogP contribution is 2.33. The second-order valence-electron chi connectivity index (χ2n) is 4.21. The van der Waals surface area contributed by atoms with Crippen LogP contribution in [0.4, 0.5) is 4.39 Å². The molecule has 1 N–H and O–H groups in total. The van der Waals surface area contributed by atoms with Crippen molar-refractivity contribution in [1.29, 1.82) is 0 Å². The molecule has 0 fully saturated rings. The molecule has 0 radical (unpaired) electrons. The standard InChI is InChI=1S/C13H15FN2O2/c1-8(2)17-13-12(9(3)15-16-13)18-11-6-4-10(14)5-7-11/h4-8H,1-3H3,(H,15,16). The van der Waals surface area contributed by atoms with E-state index in [1.54, 1.807) is 12.1 Å². The Bertz CT molecular complexity index is 520. The van der Waals surface area contributed by atoms with E-state index in [9.17, 15) is 4.39 Å². The topological polar surface area (TPSA) is 47.1 Å². The van der Waals surface area contributed by atoms with Crippen LogP contribution in [0.25, 0.3) is 0 Å². The molecule has 0 bridgehead atoms. The van der Waals surface area contributed by atoms with Crippen LogP contribution in [0.1, 0.15) is 19.5 Å². The Morgan fingerprint density at radius 3 is 2.50 bits per heavy atom. The molecule has 2 aromatic rings. The van der Waals surface area contributed by atoms with Crippen LogP contribution in [0.5, 0.6) is 17.4 Å². The van der Waals surface area contributed by atoms with E-state index in [0.29, 0.717) is 17.4 Å². The minimum absolute atomic E-state index is 0.00303. The lowest BCUT2D eigenvalue weighted by Crippen LogP contribution is -2.06. The van der Waals surface area contributed by atoms with Crippen molar-refractivity contribution in [3.63, 3.8) is 0 Å². The molecule has 0 amide bonds. The minimum atomic E-state index is -0.301. The number of benzene rings is 1. The molecule has 1 aromatic heterocycles. The Hall–Kier alpha value is -2.04. The summed E-state index contributed by atoms with van der Waals surface area (Å²) in [4.78, 5) is 0. The third-order valence-corrected chi connectivity index (χ3v) is 2.24. The summed E-state index contributed by atoms with van der Waals surface area (Å²) in [6.45, 7) is 5.65. The molecule has 0 aliphatic carbocycles. The molecule has 18 heavy (non-hydrogen) atoms. The van der Waals surface area contributed by atoms with Crippen LogP contribution in [0.2, 0.25) is 0 Å². The summed E-state index contributed by atoms with van der Waals surface area (Å²) >= 11 is 0. The van der Waals surface area contributed by atoms with E-state index in [-0.39, 0.29) is 11.9 Å². The van der Waals surface area contributed by atoms with Gasteiger partial charge in [0.15, 0.2) is 0 Å². The fourth-order valence-electron chi connectivity index (χ4n) is 1.44. The maximum absolute atomic E-state index is 12.8. The average molecular weight is 250 g/mol. The van der Waals surface area contributed by atoms with Crippen molar-refractivity contribution >= 4 is 0 Å². The molecule has 4 nitrogen and oxygen atoms in total. The Morgan fingerprint density at radius 2 is 1.89 bits per heavy atom. The van der Waals surface area contributed by atoms with Gasteiger partial charge in [0.05, 0.1) is 11.8 Å². The van der Waals surface area contributed by atoms with Crippen molar-refractivity contribution in [1.82, 2.24) is 10.2 Å². The van der Waals surface area contributed by atoms with Crippen molar-refractivity contribution in [2.24, 2.45) is 0 Å². The fourth-order valence-corrected chi connectivity index (χ4v) is 1.44. The highest BCUT2D eigenvalue weighted by atomic mass is 19.1. The number of hydrogen-bond donors (Lipinski definition) is 1. The van der Waals surface area contributed by atoms with Gasteiger partial charge in [-0.3, -0.25) is 5.10 Å². The molecule has 0 aliphatic heterocycles. The number of ether oxygens (including phenoxy) is 2. The summed E-state index contributed by atoms with van der Waals surface area (Å²) in [5.41, 5.74) is 0.759. The largest absolute Gasteiger partial charge is 0.471 e. The lowest BCUT2D eigenvalue weighted by Gasteiger charge is -2.10. The number of H-pyrrole nitrogens is 1. The first-order valence-corrected chi connectivity index (χ1v) is 5.71. The minimum Gasteiger partial charge on any atom is -0.471 e. The average Bonchev–Trinajstić information content (AvgIpc) is 2.64. The molecule has 96 valence electrons.